The average Bonchev–Trinajstić information content (AvgIpc) is 2.77. The van der Waals surface area contributed by atoms with E-state index in [1.54, 1.807) is 6.20 Å². The molecule has 1 atom stereocenters. The van der Waals surface area contributed by atoms with E-state index in [0.717, 1.165) is 36.3 Å². The minimum Gasteiger partial charge on any atom is -0.392 e. The van der Waals surface area contributed by atoms with E-state index in [9.17, 15) is 4.79 Å². The third-order valence-electron chi connectivity index (χ3n) is 3.14. The normalized spacial score (nSPS) is 19.6. The summed E-state index contributed by atoms with van der Waals surface area (Å²) in [4.78, 5) is 17.6. The molecule has 0 saturated carbocycles. The molecule has 3 N–H and O–H groups in total. The maximum atomic E-state index is 11.3. The first kappa shape index (κ1) is 11.9. The third-order valence-corrected chi connectivity index (χ3v) is 3.14. The van der Waals surface area contributed by atoms with Crippen LogP contribution < -0.4 is 10.6 Å². The molecule has 5 nitrogen and oxygen atoms in total. The van der Waals surface area contributed by atoms with Gasteiger partial charge in [-0.2, -0.15) is 0 Å². The number of nitrogens with two attached hydrogens (primary N) is 1. The van der Waals surface area contributed by atoms with E-state index >= 15 is 0 Å². The molecule has 5 heteroatoms. The summed E-state index contributed by atoms with van der Waals surface area (Å²) >= 11 is 0. The number of pyridine rings is 1. The number of aliphatic hydroxyl groups excluding tert-OH is 1. The predicted octanol–water partition coefficient (Wildman–Crippen LogP) is 0.336. The van der Waals surface area contributed by atoms with E-state index in [1.165, 1.54) is 0 Å². The largest absolute Gasteiger partial charge is 0.392 e. The van der Waals surface area contributed by atoms with E-state index < -0.39 is 0 Å². The van der Waals surface area contributed by atoms with Gasteiger partial charge in [-0.3, -0.25) is 4.79 Å². The van der Waals surface area contributed by atoms with Crippen LogP contribution in [0.1, 0.15) is 24.0 Å². The molecule has 2 heterocycles. The summed E-state index contributed by atoms with van der Waals surface area (Å²) in [5, 5.41) is 9.03. The van der Waals surface area contributed by atoms with Gasteiger partial charge in [0.2, 0.25) is 5.91 Å². The number of aryl methyl sites for hydroxylation is 1. The highest BCUT2D eigenvalue weighted by atomic mass is 16.3. The lowest BCUT2D eigenvalue weighted by molar-refractivity contribution is -0.119. The zero-order valence-corrected chi connectivity index (χ0v) is 9.89. The quantitative estimate of drug-likeness (QED) is 0.791. The van der Waals surface area contributed by atoms with Crippen LogP contribution >= 0.6 is 0 Å². The number of carbonyl (C=O) groups is 1. The monoisotopic (exact) mass is 235 g/mol. The Morgan fingerprint density at radius 1 is 1.71 bits per heavy atom. The van der Waals surface area contributed by atoms with Crippen molar-refractivity contribution in [1.29, 1.82) is 0 Å². The number of primary amides is 1. The van der Waals surface area contributed by atoms with Gasteiger partial charge in [-0.25, -0.2) is 4.98 Å². The lowest BCUT2D eigenvalue weighted by Gasteiger charge is -2.24. The van der Waals surface area contributed by atoms with E-state index in [0.29, 0.717) is 0 Å². The summed E-state index contributed by atoms with van der Waals surface area (Å²) in [6, 6.07) is 1.64. The Kier molecular flexibility index (Phi) is 3.28. The molecular formula is C12H17N3O2. The predicted molar refractivity (Wildman–Crippen MR) is 64.5 cm³/mol. The lowest BCUT2D eigenvalue weighted by atomic mass is 10.1. The highest BCUT2D eigenvalue weighted by molar-refractivity contribution is 5.84. The summed E-state index contributed by atoms with van der Waals surface area (Å²) < 4.78 is 0. The number of nitrogens with zero attached hydrogens (tertiary/aromatic N) is 2. The molecule has 1 fully saturated rings. The van der Waals surface area contributed by atoms with Gasteiger partial charge in [0.25, 0.3) is 0 Å². The van der Waals surface area contributed by atoms with Crippen LogP contribution in [0.15, 0.2) is 12.3 Å². The van der Waals surface area contributed by atoms with Crippen molar-refractivity contribution >= 4 is 11.7 Å². The van der Waals surface area contributed by atoms with Crippen LogP contribution in [-0.2, 0) is 11.4 Å². The van der Waals surface area contributed by atoms with Gasteiger partial charge >= 0.3 is 0 Å². The molecule has 0 aromatic carbocycles. The fourth-order valence-electron chi connectivity index (χ4n) is 2.33. The molecule has 2 rings (SSSR count). The second-order valence-corrected chi connectivity index (χ2v) is 4.40. The number of hydrogen-bond donors (Lipinski definition) is 2. The Hall–Kier alpha value is -1.62. The van der Waals surface area contributed by atoms with Gasteiger partial charge in [-0.15, -0.1) is 0 Å². The minimum atomic E-state index is -0.296. The maximum Gasteiger partial charge on any atom is 0.240 e. The molecule has 1 aliphatic heterocycles. The van der Waals surface area contributed by atoms with Crippen LogP contribution in [0.5, 0.6) is 0 Å². The molecule has 92 valence electrons. The van der Waals surface area contributed by atoms with Gasteiger partial charge < -0.3 is 15.7 Å². The van der Waals surface area contributed by atoms with Gasteiger partial charge in [0, 0.05) is 12.7 Å². The lowest BCUT2D eigenvalue weighted by Crippen LogP contribution is -2.41. The Bertz CT molecular complexity index is 434. The maximum absolute atomic E-state index is 11.3. The van der Waals surface area contributed by atoms with Crippen molar-refractivity contribution in [2.75, 3.05) is 11.4 Å². The molecule has 0 aliphatic carbocycles. The smallest absolute Gasteiger partial charge is 0.240 e. The van der Waals surface area contributed by atoms with Gasteiger partial charge in [-0.05, 0) is 37.0 Å². The van der Waals surface area contributed by atoms with Gasteiger partial charge in [0.15, 0.2) is 0 Å². The van der Waals surface area contributed by atoms with Crippen LogP contribution in [0.25, 0.3) is 0 Å². The Balaban J connectivity index is 2.30. The molecule has 1 amide bonds. The van der Waals surface area contributed by atoms with Crippen molar-refractivity contribution in [1.82, 2.24) is 4.98 Å². The van der Waals surface area contributed by atoms with Gasteiger partial charge in [0.05, 0.1) is 6.61 Å². The second-order valence-electron chi connectivity index (χ2n) is 4.40. The summed E-state index contributed by atoms with van der Waals surface area (Å²) in [5.74, 6) is 0.499. The molecule has 0 spiro atoms. The SMILES string of the molecule is Cc1cc(CO)cnc1N1CCCC1C(N)=O. The zero-order valence-electron chi connectivity index (χ0n) is 9.89. The van der Waals surface area contributed by atoms with Crippen molar-refractivity contribution in [3.63, 3.8) is 0 Å². The number of rotatable bonds is 3. The topological polar surface area (TPSA) is 79.5 Å². The fraction of sp³-hybridized carbons (Fsp3) is 0.500. The van der Waals surface area contributed by atoms with Crippen LogP contribution in [0.4, 0.5) is 5.82 Å². The standard InChI is InChI=1S/C12H17N3O2/c1-8-5-9(7-16)6-14-12(8)15-4-2-3-10(15)11(13)17/h5-6,10,16H,2-4,7H2,1H3,(H2,13,17). The molecule has 0 bridgehead atoms. The van der Waals surface area contributed by atoms with E-state index in [4.69, 9.17) is 10.8 Å². The first-order valence-electron chi connectivity index (χ1n) is 5.76. The van der Waals surface area contributed by atoms with Crippen molar-refractivity contribution in [2.24, 2.45) is 5.73 Å². The fourth-order valence-corrected chi connectivity index (χ4v) is 2.33. The summed E-state index contributed by atoms with van der Waals surface area (Å²) in [6.45, 7) is 2.71. The summed E-state index contributed by atoms with van der Waals surface area (Å²) in [7, 11) is 0. The first-order valence-corrected chi connectivity index (χ1v) is 5.76. The highest BCUT2D eigenvalue weighted by Crippen LogP contribution is 2.26. The Morgan fingerprint density at radius 2 is 2.47 bits per heavy atom. The number of amides is 1. The van der Waals surface area contributed by atoms with Crippen LogP contribution in [0.2, 0.25) is 0 Å². The number of hydrogen-bond acceptors (Lipinski definition) is 4. The molecular weight excluding hydrogens is 218 g/mol. The molecule has 1 unspecified atom stereocenters. The van der Waals surface area contributed by atoms with E-state index in [1.807, 2.05) is 17.9 Å². The second kappa shape index (κ2) is 4.71. The molecule has 1 aromatic rings. The molecule has 1 aromatic heterocycles. The minimum absolute atomic E-state index is 0.0205. The molecule has 1 aliphatic rings. The molecule has 1 saturated heterocycles. The highest BCUT2D eigenvalue weighted by Gasteiger charge is 2.30. The van der Waals surface area contributed by atoms with Crippen molar-refractivity contribution in [3.05, 3.63) is 23.4 Å². The summed E-state index contributed by atoms with van der Waals surface area (Å²) in [5.41, 5.74) is 7.12. The number of anilines is 1. The van der Waals surface area contributed by atoms with Gasteiger partial charge in [0.1, 0.15) is 11.9 Å². The third kappa shape index (κ3) is 2.24. The molecule has 0 radical (unpaired) electrons. The first-order chi connectivity index (χ1) is 8.13. The van der Waals surface area contributed by atoms with Crippen LogP contribution in [-0.4, -0.2) is 28.6 Å². The Labute approximate surface area is 100 Å². The van der Waals surface area contributed by atoms with Crippen molar-refractivity contribution in [2.45, 2.75) is 32.4 Å². The van der Waals surface area contributed by atoms with E-state index in [2.05, 4.69) is 4.98 Å². The van der Waals surface area contributed by atoms with Crippen LogP contribution in [0.3, 0.4) is 0 Å². The number of aliphatic hydroxyl groups is 1. The summed E-state index contributed by atoms with van der Waals surface area (Å²) in [6.07, 6.45) is 3.38. The van der Waals surface area contributed by atoms with Crippen molar-refractivity contribution < 1.29 is 9.90 Å². The van der Waals surface area contributed by atoms with Crippen LogP contribution in [0, 0.1) is 6.92 Å². The molecule has 17 heavy (non-hydrogen) atoms. The average molecular weight is 235 g/mol. The number of carbonyl (C=O) groups excluding carboxylic acids is 1. The number of aromatic nitrogens is 1. The van der Waals surface area contributed by atoms with Gasteiger partial charge in [-0.1, -0.05) is 0 Å². The van der Waals surface area contributed by atoms with E-state index in [-0.39, 0.29) is 18.6 Å². The zero-order chi connectivity index (χ0) is 12.4. The Morgan fingerprint density at radius 3 is 3.06 bits per heavy atom. The van der Waals surface area contributed by atoms with Crippen molar-refractivity contribution in [3.8, 4) is 0 Å².